The van der Waals surface area contributed by atoms with Crippen LogP contribution in [0.4, 0.5) is 5.13 Å². The average molecular weight is 393 g/mol. The highest BCUT2D eigenvalue weighted by Crippen LogP contribution is 2.29. The molecule has 0 spiro atoms. The van der Waals surface area contributed by atoms with Gasteiger partial charge in [0.05, 0.1) is 15.1 Å². The molecule has 0 aliphatic heterocycles. The van der Waals surface area contributed by atoms with Gasteiger partial charge in [0.15, 0.2) is 15.0 Å². The molecule has 1 amide bonds. The van der Waals surface area contributed by atoms with Gasteiger partial charge in [0.2, 0.25) is 5.91 Å². The van der Waals surface area contributed by atoms with Crippen molar-refractivity contribution in [2.75, 3.05) is 17.3 Å². The van der Waals surface area contributed by atoms with Crippen molar-refractivity contribution in [3.05, 3.63) is 48.0 Å². The van der Waals surface area contributed by atoms with Crippen LogP contribution in [0.15, 0.2) is 52.3 Å². The fraction of sp³-hybridized carbons (Fsp3) is 0.176. The van der Waals surface area contributed by atoms with Crippen LogP contribution < -0.4 is 5.32 Å². The lowest BCUT2D eigenvalue weighted by Gasteiger charge is -2.04. The van der Waals surface area contributed by atoms with Crippen LogP contribution in [0.3, 0.4) is 0 Å². The summed E-state index contributed by atoms with van der Waals surface area (Å²) in [6.07, 6.45) is 1.99. The molecule has 0 atom stereocenters. The molecule has 0 unspecified atom stereocenters. The number of nitrogens with one attached hydrogen (secondary N) is 1. The van der Waals surface area contributed by atoms with Crippen molar-refractivity contribution in [2.45, 2.75) is 16.7 Å². The van der Waals surface area contributed by atoms with Crippen molar-refractivity contribution in [1.29, 1.82) is 0 Å². The third-order valence-corrected chi connectivity index (χ3v) is 6.83. The molecular weight excluding hydrogens is 376 g/mol. The summed E-state index contributed by atoms with van der Waals surface area (Å²) >= 11 is 2.95. The summed E-state index contributed by atoms with van der Waals surface area (Å²) in [5.74, 6) is -1.20. The van der Waals surface area contributed by atoms with Crippen molar-refractivity contribution in [3.8, 4) is 0 Å². The normalized spacial score (nSPS) is 11.6. The van der Waals surface area contributed by atoms with Crippen molar-refractivity contribution in [3.63, 3.8) is 0 Å². The first-order valence-electron chi connectivity index (χ1n) is 7.41. The summed E-state index contributed by atoms with van der Waals surface area (Å²) in [5.41, 5.74) is 1.74. The quantitative estimate of drug-likeness (QED) is 0.670. The van der Waals surface area contributed by atoms with E-state index in [4.69, 9.17) is 0 Å². The number of fused-ring (bicyclic) bond motifs is 1. The molecule has 5 nitrogen and oxygen atoms in total. The van der Waals surface area contributed by atoms with Gasteiger partial charge in [0, 0.05) is 4.90 Å². The van der Waals surface area contributed by atoms with Gasteiger partial charge in [-0.15, -0.1) is 11.8 Å². The summed E-state index contributed by atoms with van der Waals surface area (Å²) in [4.78, 5) is 17.7. The lowest BCUT2D eigenvalue weighted by atomic mass is 10.2. The third-order valence-electron chi connectivity index (χ3n) is 3.54. The topological polar surface area (TPSA) is 76.1 Å². The number of carbonyl (C=O) groups is 1. The summed E-state index contributed by atoms with van der Waals surface area (Å²) < 4.78 is 25.6. The van der Waals surface area contributed by atoms with E-state index in [0.717, 1.165) is 20.7 Å². The molecule has 0 aliphatic carbocycles. The van der Waals surface area contributed by atoms with Crippen LogP contribution in [-0.4, -0.2) is 31.3 Å². The number of nitrogens with zero attached hydrogens (tertiary/aromatic N) is 1. The van der Waals surface area contributed by atoms with E-state index in [1.54, 1.807) is 23.9 Å². The molecule has 0 bridgehead atoms. The Labute approximate surface area is 154 Å². The Morgan fingerprint density at radius 2 is 1.92 bits per heavy atom. The Hall–Kier alpha value is -1.90. The molecule has 3 rings (SSSR count). The van der Waals surface area contributed by atoms with Crippen LogP contribution in [0.5, 0.6) is 0 Å². The van der Waals surface area contributed by atoms with Crippen molar-refractivity contribution in [1.82, 2.24) is 4.98 Å². The van der Waals surface area contributed by atoms with Crippen LogP contribution in [-0.2, 0) is 14.6 Å². The minimum atomic E-state index is -3.68. The molecule has 0 saturated heterocycles. The zero-order valence-electron chi connectivity index (χ0n) is 13.6. The van der Waals surface area contributed by atoms with E-state index in [2.05, 4.69) is 10.3 Å². The second-order valence-corrected chi connectivity index (χ2v) is 9.37. The highest BCUT2D eigenvalue weighted by molar-refractivity contribution is 7.98. The van der Waals surface area contributed by atoms with Gasteiger partial charge in [-0.1, -0.05) is 29.0 Å². The third kappa shape index (κ3) is 4.20. The minimum Gasteiger partial charge on any atom is -0.301 e. The summed E-state index contributed by atoms with van der Waals surface area (Å²) in [7, 11) is -3.68. The van der Waals surface area contributed by atoms with E-state index in [1.165, 1.54) is 23.5 Å². The van der Waals surface area contributed by atoms with Gasteiger partial charge in [0.25, 0.3) is 0 Å². The lowest BCUT2D eigenvalue weighted by Crippen LogP contribution is -2.22. The number of carbonyl (C=O) groups excluding carboxylic acids is 1. The number of thioether (sulfide) groups is 1. The predicted octanol–water partition coefficient (Wildman–Crippen LogP) is 3.74. The van der Waals surface area contributed by atoms with E-state index >= 15 is 0 Å². The van der Waals surface area contributed by atoms with Gasteiger partial charge in [-0.3, -0.25) is 4.79 Å². The Morgan fingerprint density at radius 1 is 1.20 bits per heavy atom. The van der Waals surface area contributed by atoms with Crippen LogP contribution in [0, 0.1) is 6.92 Å². The molecule has 1 aromatic heterocycles. The molecule has 1 N–H and O–H groups in total. The molecule has 0 fully saturated rings. The molecule has 3 aromatic rings. The van der Waals surface area contributed by atoms with Crippen LogP contribution in [0.1, 0.15) is 5.56 Å². The van der Waals surface area contributed by atoms with Gasteiger partial charge in [-0.25, -0.2) is 13.4 Å². The minimum absolute atomic E-state index is 0.141. The molecule has 25 heavy (non-hydrogen) atoms. The zero-order chi connectivity index (χ0) is 18.0. The highest BCUT2D eigenvalue weighted by atomic mass is 32.2. The molecule has 0 radical (unpaired) electrons. The number of rotatable bonds is 5. The summed E-state index contributed by atoms with van der Waals surface area (Å²) in [6, 6.07) is 12.3. The van der Waals surface area contributed by atoms with Gasteiger partial charge in [-0.2, -0.15) is 0 Å². The van der Waals surface area contributed by atoms with Crippen LogP contribution in [0.2, 0.25) is 0 Å². The molecule has 1 heterocycles. The van der Waals surface area contributed by atoms with E-state index in [1.807, 2.05) is 31.4 Å². The number of anilines is 1. The number of sulfone groups is 1. The number of aromatic nitrogens is 1. The SMILES string of the molecule is CSc1ccc2nc(NC(=O)CS(=O)(=O)c3ccc(C)cc3)sc2c1. The fourth-order valence-electron chi connectivity index (χ4n) is 2.24. The highest BCUT2D eigenvalue weighted by Gasteiger charge is 2.20. The maximum atomic E-state index is 12.3. The van der Waals surface area contributed by atoms with Crippen LogP contribution >= 0.6 is 23.1 Å². The number of amides is 1. The molecule has 0 saturated carbocycles. The first kappa shape index (κ1) is 17.9. The molecule has 0 aliphatic rings. The molecule has 130 valence electrons. The number of aryl methyl sites for hydroxylation is 1. The molecule has 2 aromatic carbocycles. The summed E-state index contributed by atoms with van der Waals surface area (Å²) in [5, 5.41) is 2.99. The zero-order valence-corrected chi connectivity index (χ0v) is 16.1. The largest absolute Gasteiger partial charge is 0.301 e. The molecule has 8 heteroatoms. The second kappa shape index (κ2) is 7.15. The van der Waals surface area contributed by atoms with E-state index < -0.39 is 21.5 Å². The van der Waals surface area contributed by atoms with Gasteiger partial charge >= 0.3 is 0 Å². The standard InChI is InChI=1S/C17H16N2O3S3/c1-11-3-6-13(7-4-11)25(21,22)10-16(20)19-17-18-14-8-5-12(23-2)9-15(14)24-17/h3-9H,10H2,1-2H3,(H,18,19,20). The van der Waals surface area contributed by atoms with Crippen molar-refractivity contribution in [2.24, 2.45) is 0 Å². The Morgan fingerprint density at radius 3 is 2.60 bits per heavy atom. The van der Waals surface area contributed by atoms with Crippen LogP contribution in [0.25, 0.3) is 10.2 Å². The number of hydrogen-bond acceptors (Lipinski definition) is 6. The van der Waals surface area contributed by atoms with E-state index in [0.29, 0.717) is 5.13 Å². The van der Waals surface area contributed by atoms with E-state index in [9.17, 15) is 13.2 Å². The first-order chi connectivity index (χ1) is 11.9. The van der Waals surface area contributed by atoms with Gasteiger partial charge in [-0.05, 0) is 43.5 Å². The Bertz CT molecular complexity index is 1020. The smallest absolute Gasteiger partial charge is 0.241 e. The number of hydrogen-bond donors (Lipinski definition) is 1. The Balaban J connectivity index is 1.74. The first-order valence-corrected chi connectivity index (χ1v) is 11.1. The Kier molecular flexibility index (Phi) is 5.12. The van der Waals surface area contributed by atoms with Gasteiger partial charge < -0.3 is 5.32 Å². The average Bonchev–Trinajstić information content (AvgIpc) is 2.95. The fourth-order valence-corrected chi connectivity index (χ4v) is 4.81. The summed E-state index contributed by atoms with van der Waals surface area (Å²) in [6.45, 7) is 1.87. The maximum absolute atomic E-state index is 12.3. The monoisotopic (exact) mass is 392 g/mol. The number of benzene rings is 2. The van der Waals surface area contributed by atoms with Gasteiger partial charge in [0.1, 0.15) is 5.75 Å². The number of thiazole rings is 1. The predicted molar refractivity (Wildman–Crippen MR) is 103 cm³/mol. The molecular formula is C17H16N2O3S3. The lowest BCUT2D eigenvalue weighted by molar-refractivity contribution is -0.113. The van der Waals surface area contributed by atoms with Crippen molar-refractivity contribution < 1.29 is 13.2 Å². The van der Waals surface area contributed by atoms with E-state index in [-0.39, 0.29) is 4.90 Å². The maximum Gasteiger partial charge on any atom is 0.241 e. The second-order valence-electron chi connectivity index (χ2n) is 5.47. The van der Waals surface area contributed by atoms with Crippen molar-refractivity contribution >= 4 is 54.2 Å².